The molecule has 5 heteroatoms. The van der Waals surface area contributed by atoms with E-state index >= 15 is 0 Å². The van der Waals surface area contributed by atoms with Crippen molar-refractivity contribution in [2.45, 2.75) is 39.8 Å². The van der Waals surface area contributed by atoms with E-state index in [4.69, 9.17) is 17.4 Å². The highest BCUT2D eigenvalue weighted by atomic mass is 35.5. The number of aromatic nitrogens is 2. The zero-order chi connectivity index (χ0) is 14.7. The van der Waals surface area contributed by atoms with Gasteiger partial charge in [-0.05, 0) is 32.8 Å². The summed E-state index contributed by atoms with van der Waals surface area (Å²) in [6.07, 6.45) is 2.46. The van der Waals surface area contributed by atoms with Crippen LogP contribution >= 0.6 is 11.6 Å². The fourth-order valence-electron chi connectivity index (χ4n) is 2.63. The third-order valence-corrected chi connectivity index (χ3v) is 3.68. The first kappa shape index (κ1) is 15.0. The molecule has 0 fully saturated rings. The number of benzene rings is 1. The maximum absolute atomic E-state index is 6.25. The molecule has 0 aliphatic carbocycles. The van der Waals surface area contributed by atoms with Crippen LogP contribution in [0.1, 0.15) is 35.3 Å². The Morgan fingerprint density at radius 1 is 1.30 bits per heavy atom. The van der Waals surface area contributed by atoms with E-state index in [1.54, 1.807) is 6.20 Å². The van der Waals surface area contributed by atoms with Crippen molar-refractivity contribution in [1.82, 2.24) is 15.2 Å². The first-order valence-corrected chi connectivity index (χ1v) is 7.17. The summed E-state index contributed by atoms with van der Waals surface area (Å²) >= 11 is 6.25. The summed E-state index contributed by atoms with van der Waals surface area (Å²) in [5.74, 6) is 5.73. The molecule has 20 heavy (non-hydrogen) atoms. The van der Waals surface area contributed by atoms with Gasteiger partial charge < -0.3 is 0 Å². The number of hydrogen-bond acceptors (Lipinski definition) is 3. The largest absolute Gasteiger partial charge is 0.271 e. The number of halogens is 1. The zero-order valence-electron chi connectivity index (χ0n) is 12.2. The molecule has 0 spiro atoms. The Bertz CT molecular complexity index is 571. The van der Waals surface area contributed by atoms with Gasteiger partial charge in [0, 0.05) is 6.54 Å². The predicted molar refractivity (Wildman–Crippen MR) is 82.6 cm³/mol. The third-order valence-electron chi connectivity index (χ3n) is 3.39. The van der Waals surface area contributed by atoms with Crippen molar-refractivity contribution in [1.29, 1.82) is 0 Å². The quantitative estimate of drug-likeness (QED) is 0.658. The maximum atomic E-state index is 6.25. The lowest BCUT2D eigenvalue weighted by atomic mass is 10.00. The molecule has 1 unspecified atom stereocenters. The molecule has 0 aliphatic heterocycles. The summed E-state index contributed by atoms with van der Waals surface area (Å²) in [4.78, 5) is 0. The highest BCUT2D eigenvalue weighted by molar-refractivity contribution is 6.31. The topological polar surface area (TPSA) is 55.9 Å². The zero-order valence-corrected chi connectivity index (χ0v) is 12.9. The van der Waals surface area contributed by atoms with Crippen molar-refractivity contribution in [2.75, 3.05) is 0 Å². The summed E-state index contributed by atoms with van der Waals surface area (Å²) in [5.41, 5.74) is 7.55. The van der Waals surface area contributed by atoms with Crippen LogP contribution in [0.2, 0.25) is 5.02 Å². The molecule has 108 valence electrons. The molecule has 0 aliphatic rings. The van der Waals surface area contributed by atoms with Crippen LogP contribution in [0.25, 0.3) is 0 Å². The summed E-state index contributed by atoms with van der Waals surface area (Å²) in [7, 11) is 0. The van der Waals surface area contributed by atoms with Gasteiger partial charge >= 0.3 is 0 Å². The van der Waals surface area contributed by atoms with E-state index in [1.165, 1.54) is 16.7 Å². The Morgan fingerprint density at radius 3 is 2.50 bits per heavy atom. The van der Waals surface area contributed by atoms with Gasteiger partial charge in [0.15, 0.2) is 0 Å². The van der Waals surface area contributed by atoms with Gasteiger partial charge in [-0.2, -0.15) is 5.10 Å². The Balaban J connectivity index is 2.31. The van der Waals surface area contributed by atoms with E-state index < -0.39 is 0 Å². The standard InChI is InChI=1S/C15H21ClN4/c1-4-20-15(13(16)9-18-20)14(19-17)8-12-6-10(2)5-11(3)7-12/h5-7,9,14,19H,4,8,17H2,1-3H3. The first-order valence-electron chi connectivity index (χ1n) is 6.79. The van der Waals surface area contributed by atoms with Gasteiger partial charge in [0.2, 0.25) is 0 Å². The molecule has 0 saturated carbocycles. The highest BCUT2D eigenvalue weighted by Gasteiger charge is 2.19. The molecule has 1 atom stereocenters. The number of rotatable bonds is 5. The molecule has 0 bridgehead atoms. The molecule has 1 heterocycles. The second-order valence-corrected chi connectivity index (χ2v) is 5.52. The molecule has 1 aromatic carbocycles. The molecule has 4 nitrogen and oxygen atoms in total. The van der Waals surface area contributed by atoms with Crippen molar-refractivity contribution >= 4 is 11.6 Å². The van der Waals surface area contributed by atoms with E-state index in [2.05, 4.69) is 42.6 Å². The number of hydrogen-bond donors (Lipinski definition) is 2. The lowest BCUT2D eigenvalue weighted by Crippen LogP contribution is -2.31. The van der Waals surface area contributed by atoms with E-state index in [0.29, 0.717) is 5.02 Å². The third kappa shape index (κ3) is 3.20. The highest BCUT2D eigenvalue weighted by Crippen LogP contribution is 2.26. The van der Waals surface area contributed by atoms with Gasteiger partial charge in [-0.25, -0.2) is 0 Å². The van der Waals surface area contributed by atoms with E-state index in [-0.39, 0.29) is 6.04 Å². The molecule has 2 rings (SSSR count). The predicted octanol–water partition coefficient (Wildman–Crippen LogP) is 2.92. The van der Waals surface area contributed by atoms with Crippen molar-refractivity contribution in [3.63, 3.8) is 0 Å². The average Bonchev–Trinajstić information content (AvgIpc) is 2.76. The second-order valence-electron chi connectivity index (χ2n) is 5.11. The minimum atomic E-state index is -0.0499. The first-order chi connectivity index (χ1) is 9.55. The van der Waals surface area contributed by atoms with E-state index in [1.807, 2.05) is 11.6 Å². The lowest BCUT2D eigenvalue weighted by molar-refractivity contribution is 0.490. The van der Waals surface area contributed by atoms with Crippen molar-refractivity contribution < 1.29 is 0 Å². The van der Waals surface area contributed by atoms with Crippen molar-refractivity contribution in [2.24, 2.45) is 5.84 Å². The number of hydrazine groups is 1. The smallest absolute Gasteiger partial charge is 0.0834 e. The number of aryl methyl sites for hydroxylation is 3. The SMILES string of the molecule is CCn1ncc(Cl)c1C(Cc1cc(C)cc(C)c1)NN. The van der Waals surface area contributed by atoms with Crippen LogP contribution in [-0.4, -0.2) is 9.78 Å². The monoisotopic (exact) mass is 292 g/mol. The van der Waals surface area contributed by atoms with Crippen molar-refractivity contribution in [3.8, 4) is 0 Å². The lowest BCUT2D eigenvalue weighted by Gasteiger charge is -2.18. The fraction of sp³-hybridized carbons (Fsp3) is 0.400. The molecular weight excluding hydrogens is 272 g/mol. The summed E-state index contributed by atoms with van der Waals surface area (Å²) in [5, 5.41) is 4.92. The summed E-state index contributed by atoms with van der Waals surface area (Å²) < 4.78 is 1.88. The Kier molecular flexibility index (Phi) is 4.81. The van der Waals surface area contributed by atoms with Gasteiger partial charge in [-0.3, -0.25) is 16.0 Å². The van der Waals surface area contributed by atoms with Gasteiger partial charge in [0.1, 0.15) is 0 Å². The minimum absolute atomic E-state index is 0.0499. The molecule has 3 N–H and O–H groups in total. The summed E-state index contributed by atoms with van der Waals surface area (Å²) in [6.45, 7) is 7.01. The maximum Gasteiger partial charge on any atom is 0.0834 e. The van der Waals surface area contributed by atoms with Gasteiger partial charge in [-0.1, -0.05) is 40.9 Å². The molecule has 0 amide bonds. The Morgan fingerprint density at radius 2 is 1.95 bits per heavy atom. The van der Waals surface area contributed by atoms with Crippen LogP contribution in [0, 0.1) is 13.8 Å². The van der Waals surface area contributed by atoms with Crippen LogP contribution in [0.5, 0.6) is 0 Å². The molecule has 1 aromatic heterocycles. The molecule has 0 saturated heterocycles. The fourth-order valence-corrected chi connectivity index (χ4v) is 2.90. The average molecular weight is 293 g/mol. The Hall–Kier alpha value is -1.36. The molecule has 0 radical (unpaired) electrons. The van der Waals surface area contributed by atoms with Gasteiger partial charge in [0.05, 0.1) is 23.0 Å². The summed E-state index contributed by atoms with van der Waals surface area (Å²) in [6, 6.07) is 6.47. The normalized spacial score (nSPS) is 12.7. The van der Waals surface area contributed by atoms with Crippen LogP contribution in [0.15, 0.2) is 24.4 Å². The number of nitrogens with two attached hydrogens (primary N) is 1. The van der Waals surface area contributed by atoms with Crippen molar-refractivity contribution in [3.05, 3.63) is 51.8 Å². The second kappa shape index (κ2) is 6.39. The van der Waals surface area contributed by atoms with Crippen LogP contribution in [0.3, 0.4) is 0 Å². The Labute approximate surface area is 124 Å². The number of nitrogens with one attached hydrogen (secondary N) is 1. The van der Waals surface area contributed by atoms with E-state index in [9.17, 15) is 0 Å². The molecule has 2 aromatic rings. The van der Waals surface area contributed by atoms with Crippen LogP contribution in [0.4, 0.5) is 0 Å². The minimum Gasteiger partial charge on any atom is -0.271 e. The van der Waals surface area contributed by atoms with Crippen LogP contribution in [-0.2, 0) is 13.0 Å². The van der Waals surface area contributed by atoms with Gasteiger partial charge in [-0.15, -0.1) is 0 Å². The number of nitrogens with zero attached hydrogens (tertiary/aromatic N) is 2. The molecular formula is C15H21ClN4. The van der Waals surface area contributed by atoms with Gasteiger partial charge in [0.25, 0.3) is 0 Å². The van der Waals surface area contributed by atoms with E-state index in [0.717, 1.165) is 18.7 Å². The van der Waals surface area contributed by atoms with Crippen LogP contribution < -0.4 is 11.3 Å².